The Morgan fingerprint density at radius 2 is 1.62 bits per heavy atom. The van der Waals surface area contributed by atoms with E-state index in [0.29, 0.717) is 5.75 Å². The molecule has 0 radical (unpaired) electrons. The Labute approximate surface area is 129 Å². The van der Waals surface area contributed by atoms with Crippen molar-refractivity contribution in [1.82, 2.24) is 0 Å². The highest BCUT2D eigenvalue weighted by atomic mass is 16.3. The number of phenolic OH excluding ortho intramolecular Hbond substituents is 1. The van der Waals surface area contributed by atoms with E-state index in [-0.39, 0.29) is 16.7 Å². The van der Waals surface area contributed by atoms with Crippen LogP contribution in [0.5, 0.6) is 5.75 Å². The van der Waals surface area contributed by atoms with E-state index in [1.165, 1.54) is 5.56 Å². The summed E-state index contributed by atoms with van der Waals surface area (Å²) in [6.45, 7) is 13.2. The highest BCUT2D eigenvalue weighted by Crippen LogP contribution is 2.42. The largest absolute Gasteiger partial charge is 0.507 e. The van der Waals surface area contributed by atoms with Gasteiger partial charge in [-0.05, 0) is 28.4 Å². The molecule has 114 valence electrons. The van der Waals surface area contributed by atoms with Gasteiger partial charge in [0.05, 0.1) is 0 Å². The molecular formula is C20H28O. The predicted octanol–water partition coefficient (Wildman–Crippen LogP) is 5.59. The van der Waals surface area contributed by atoms with Gasteiger partial charge in [-0.25, -0.2) is 0 Å². The summed E-state index contributed by atoms with van der Waals surface area (Å²) >= 11 is 0. The Hall–Kier alpha value is -1.50. The molecule has 0 heterocycles. The second kappa shape index (κ2) is 5.36. The van der Waals surface area contributed by atoms with Gasteiger partial charge >= 0.3 is 0 Å². The average Bonchev–Trinajstić information content (AvgIpc) is 2.37. The third-order valence-corrected chi connectivity index (χ3v) is 4.19. The van der Waals surface area contributed by atoms with E-state index in [2.05, 4.69) is 78.0 Å². The van der Waals surface area contributed by atoms with Crippen molar-refractivity contribution in [3.05, 3.63) is 53.1 Å². The molecule has 21 heavy (non-hydrogen) atoms. The summed E-state index contributed by atoms with van der Waals surface area (Å²) in [5.74, 6) is 0.749. The van der Waals surface area contributed by atoms with Crippen LogP contribution in [0.3, 0.4) is 0 Å². The van der Waals surface area contributed by atoms with E-state index in [1.807, 2.05) is 0 Å². The molecule has 0 bridgehead atoms. The highest BCUT2D eigenvalue weighted by Gasteiger charge is 2.26. The van der Waals surface area contributed by atoms with Gasteiger partial charge in [0.2, 0.25) is 0 Å². The van der Waals surface area contributed by atoms with Crippen LogP contribution < -0.4 is 0 Å². The Kier molecular flexibility index (Phi) is 4.06. The lowest BCUT2D eigenvalue weighted by molar-refractivity contribution is 0.435. The van der Waals surface area contributed by atoms with Gasteiger partial charge in [-0.1, -0.05) is 78.0 Å². The molecule has 1 aromatic rings. The number of allylic oxidation sites excluding steroid dienone is 4. The zero-order valence-electron chi connectivity index (χ0n) is 14.2. The lowest BCUT2D eigenvalue weighted by Gasteiger charge is -2.29. The minimum atomic E-state index is -0.0612. The molecule has 0 aliphatic heterocycles. The second-order valence-electron chi connectivity index (χ2n) is 8.12. The summed E-state index contributed by atoms with van der Waals surface area (Å²) in [5, 5.41) is 10.8. The molecule has 1 heteroatoms. The lowest BCUT2D eigenvalue weighted by Crippen LogP contribution is -2.18. The van der Waals surface area contributed by atoms with Crippen molar-refractivity contribution in [3.63, 3.8) is 0 Å². The minimum Gasteiger partial charge on any atom is -0.507 e. The van der Waals surface area contributed by atoms with Gasteiger partial charge in [0.25, 0.3) is 0 Å². The second-order valence-corrected chi connectivity index (χ2v) is 8.12. The highest BCUT2D eigenvalue weighted by molar-refractivity contribution is 5.51. The number of hydrogen-bond donors (Lipinski definition) is 1. The van der Waals surface area contributed by atoms with E-state index in [1.54, 1.807) is 0 Å². The quantitative estimate of drug-likeness (QED) is 0.713. The summed E-state index contributed by atoms with van der Waals surface area (Å²) in [5.41, 5.74) is 3.43. The maximum Gasteiger partial charge on any atom is 0.123 e. The van der Waals surface area contributed by atoms with Gasteiger partial charge < -0.3 is 5.11 Å². The number of benzene rings is 1. The van der Waals surface area contributed by atoms with Gasteiger partial charge in [0, 0.05) is 11.5 Å². The minimum absolute atomic E-state index is 0.0612. The smallest absolute Gasteiger partial charge is 0.123 e. The van der Waals surface area contributed by atoms with E-state index in [4.69, 9.17) is 0 Å². The summed E-state index contributed by atoms with van der Waals surface area (Å²) in [7, 11) is 0. The summed E-state index contributed by atoms with van der Waals surface area (Å²) in [4.78, 5) is 0. The molecular weight excluding hydrogens is 256 g/mol. The summed E-state index contributed by atoms with van der Waals surface area (Å²) in [6, 6.07) is 4.37. The van der Waals surface area contributed by atoms with Crippen molar-refractivity contribution in [1.29, 1.82) is 0 Å². The SMILES string of the molecule is CC(C)(C)c1cc(C2C=CC=CC2)c(O)c(C(C)(C)C)c1. The summed E-state index contributed by atoms with van der Waals surface area (Å²) < 4.78 is 0. The fraction of sp³-hybridized carbons (Fsp3) is 0.500. The third-order valence-electron chi connectivity index (χ3n) is 4.19. The zero-order valence-corrected chi connectivity index (χ0v) is 14.2. The number of aromatic hydroxyl groups is 1. The molecule has 2 rings (SSSR count). The molecule has 0 spiro atoms. The van der Waals surface area contributed by atoms with E-state index in [9.17, 15) is 5.11 Å². The molecule has 1 atom stereocenters. The van der Waals surface area contributed by atoms with Crippen LogP contribution in [0.2, 0.25) is 0 Å². The van der Waals surface area contributed by atoms with Gasteiger partial charge in [0.15, 0.2) is 0 Å². The van der Waals surface area contributed by atoms with Crippen molar-refractivity contribution in [2.75, 3.05) is 0 Å². The van der Waals surface area contributed by atoms with Crippen LogP contribution in [0.4, 0.5) is 0 Å². The van der Waals surface area contributed by atoms with Gasteiger partial charge in [-0.3, -0.25) is 0 Å². The Bertz CT molecular complexity index is 577. The number of hydrogen-bond acceptors (Lipinski definition) is 1. The number of phenols is 1. The molecule has 0 aromatic heterocycles. The molecule has 0 saturated carbocycles. The van der Waals surface area contributed by atoms with Gasteiger partial charge in [-0.2, -0.15) is 0 Å². The molecule has 1 unspecified atom stereocenters. The molecule has 1 aromatic carbocycles. The molecule has 1 N–H and O–H groups in total. The molecule has 1 aliphatic rings. The van der Waals surface area contributed by atoms with Crippen LogP contribution in [0.1, 0.15) is 70.6 Å². The normalized spacial score (nSPS) is 19.0. The van der Waals surface area contributed by atoms with Crippen molar-refractivity contribution < 1.29 is 5.11 Å². The van der Waals surface area contributed by atoms with Crippen molar-refractivity contribution in [2.45, 2.75) is 64.7 Å². The first-order chi connectivity index (χ1) is 9.60. The van der Waals surface area contributed by atoms with Crippen LogP contribution in [0, 0.1) is 0 Å². The third kappa shape index (κ3) is 3.40. The maximum atomic E-state index is 10.8. The standard InChI is InChI=1S/C20H28O/c1-19(2,3)15-12-16(14-10-8-7-9-11-14)18(21)17(13-15)20(4,5)6/h7-10,12-14,21H,11H2,1-6H3. The monoisotopic (exact) mass is 284 g/mol. The first-order valence-electron chi connectivity index (χ1n) is 7.82. The zero-order chi connectivity index (χ0) is 15.8. The molecule has 1 nitrogen and oxygen atoms in total. The van der Waals surface area contributed by atoms with Crippen LogP contribution >= 0.6 is 0 Å². The first kappa shape index (κ1) is 15.9. The first-order valence-corrected chi connectivity index (χ1v) is 7.82. The average molecular weight is 284 g/mol. The lowest BCUT2D eigenvalue weighted by atomic mass is 9.76. The van der Waals surface area contributed by atoms with Gasteiger partial charge in [-0.15, -0.1) is 0 Å². The number of rotatable bonds is 1. The van der Waals surface area contributed by atoms with Crippen LogP contribution in [0.25, 0.3) is 0 Å². The van der Waals surface area contributed by atoms with E-state index in [0.717, 1.165) is 17.5 Å². The molecule has 0 fully saturated rings. The van der Waals surface area contributed by atoms with Crippen LogP contribution in [-0.4, -0.2) is 5.11 Å². The fourth-order valence-electron chi connectivity index (χ4n) is 2.76. The Morgan fingerprint density at radius 3 is 2.10 bits per heavy atom. The molecule has 1 aliphatic carbocycles. The van der Waals surface area contributed by atoms with Crippen LogP contribution in [-0.2, 0) is 10.8 Å². The topological polar surface area (TPSA) is 20.2 Å². The Balaban J connectivity index is 2.63. The van der Waals surface area contributed by atoms with Crippen molar-refractivity contribution >= 4 is 0 Å². The van der Waals surface area contributed by atoms with Crippen molar-refractivity contribution in [2.24, 2.45) is 0 Å². The summed E-state index contributed by atoms with van der Waals surface area (Å²) in [6.07, 6.45) is 9.47. The van der Waals surface area contributed by atoms with Gasteiger partial charge in [0.1, 0.15) is 5.75 Å². The molecule has 0 amide bonds. The fourth-order valence-corrected chi connectivity index (χ4v) is 2.76. The maximum absolute atomic E-state index is 10.8. The molecule has 0 saturated heterocycles. The Morgan fingerprint density at radius 1 is 0.952 bits per heavy atom. The van der Waals surface area contributed by atoms with E-state index >= 15 is 0 Å². The van der Waals surface area contributed by atoms with Crippen LogP contribution in [0.15, 0.2) is 36.4 Å². The predicted molar refractivity (Wildman–Crippen MR) is 91.1 cm³/mol. The van der Waals surface area contributed by atoms with Crippen molar-refractivity contribution in [3.8, 4) is 5.75 Å². The van der Waals surface area contributed by atoms with E-state index < -0.39 is 0 Å².